The summed E-state index contributed by atoms with van der Waals surface area (Å²) in [6.07, 6.45) is 9.77. The molecule has 1 fully saturated rings. The molecule has 62 valence electrons. The second-order valence-electron chi connectivity index (χ2n) is 3.27. The minimum atomic E-state index is 0.612. The van der Waals surface area contributed by atoms with Crippen LogP contribution in [0, 0.1) is 5.92 Å². The molecule has 0 aromatic rings. The van der Waals surface area contributed by atoms with Gasteiger partial charge in [0.15, 0.2) is 0 Å². The van der Waals surface area contributed by atoms with Crippen molar-refractivity contribution in [1.82, 2.24) is 5.32 Å². The Balaban J connectivity index is 2.27. The molecule has 1 aliphatic heterocycles. The maximum absolute atomic E-state index is 3.44. The highest BCUT2D eigenvalue weighted by Crippen LogP contribution is 2.13. The predicted molar refractivity (Wildman–Crippen MR) is 49.5 cm³/mol. The van der Waals surface area contributed by atoms with Crippen LogP contribution in [0.15, 0.2) is 24.3 Å². The molecule has 0 bridgehead atoms. The first-order chi connectivity index (χ1) is 5.33. The summed E-state index contributed by atoms with van der Waals surface area (Å²) < 4.78 is 0. The summed E-state index contributed by atoms with van der Waals surface area (Å²) >= 11 is 0. The van der Waals surface area contributed by atoms with Crippen molar-refractivity contribution in [3.63, 3.8) is 0 Å². The first kappa shape index (κ1) is 8.54. The van der Waals surface area contributed by atoms with Crippen molar-refractivity contribution < 1.29 is 0 Å². The number of allylic oxidation sites excluding steroid dienone is 3. The fraction of sp³-hybridized carbons (Fsp3) is 0.600. The SMILES string of the molecule is C/C=C\C=C/[C@H]1C[C@H](C)CN1. The summed E-state index contributed by atoms with van der Waals surface area (Å²) in [7, 11) is 0. The molecule has 1 aliphatic rings. The Morgan fingerprint density at radius 3 is 2.73 bits per heavy atom. The van der Waals surface area contributed by atoms with E-state index in [0.29, 0.717) is 6.04 Å². The third kappa shape index (κ3) is 2.89. The van der Waals surface area contributed by atoms with E-state index in [2.05, 4.69) is 36.5 Å². The van der Waals surface area contributed by atoms with Crippen LogP contribution in [0.25, 0.3) is 0 Å². The van der Waals surface area contributed by atoms with Crippen molar-refractivity contribution in [2.24, 2.45) is 5.92 Å². The van der Waals surface area contributed by atoms with Crippen LogP contribution in [0.4, 0.5) is 0 Å². The molecule has 0 aromatic carbocycles. The van der Waals surface area contributed by atoms with Crippen molar-refractivity contribution >= 4 is 0 Å². The van der Waals surface area contributed by atoms with E-state index in [1.807, 2.05) is 6.92 Å². The molecule has 1 rings (SSSR count). The molecule has 0 aromatic heterocycles. The molecule has 1 heterocycles. The Labute approximate surface area is 69.2 Å². The average molecular weight is 151 g/mol. The van der Waals surface area contributed by atoms with Crippen LogP contribution in [0.5, 0.6) is 0 Å². The van der Waals surface area contributed by atoms with Crippen molar-refractivity contribution in [2.45, 2.75) is 26.3 Å². The Kier molecular flexibility index (Phi) is 3.37. The maximum Gasteiger partial charge on any atom is 0.0256 e. The Morgan fingerprint density at radius 2 is 2.18 bits per heavy atom. The van der Waals surface area contributed by atoms with E-state index in [4.69, 9.17) is 0 Å². The largest absolute Gasteiger partial charge is 0.310 e. The molecule has 1 saturated heterocycles. The molecule has 1 N–H and O–H groups in total. The number of hydrogen-bond donors (Lipinski definition) is 1. The van der Waals surface area contributed by atoms with E-state index in [1.165, 1.54) is 13.0 Å². The molecular weight excluding hydrogens is 134 g/mol. The van der Waals surface area contributed by atoms with Gasteiger partial charge in [-0.2, -0.15) is 0 Å². The molecule has 1 heteroatoms. The molecule has 0 unspecified atom stereocenters. The Bertz CT molecular complexity index is 158. The lowest BCUT2D eigenvalue weighted by molar-refractivity contribution is 0.641. The third-order valence-electron chi connectivity index (χ3n) is 2.03. The van der Waals surface area contributed by atoms with Crippen molar-refractivity contribution in [3.05, 3.63) is 24.3 Å². The second-order valence-corrected chi connectivity index (χ2v) is 3.27. The third-order valence-corrected chi connectivity index (χ3v) is 2.03. The van der Waals surface area contributed by atoms with Gasteiger partial charge < -0.3 is 5.32 Å². The Morgan fingerprint density at radius 1 is 1.36 bits per heavy atom. The smallest absolute Gasteiger partial charge is 0.0256 e. The van der Waals surface area contributed by atoms with Gasteiger partial charge in [0.1, 0.15) is 0 Å². The van der Waals surface area contributed by atoms with Crippen LogP contribution in [0.1, 0.15) is 20.3 Å². The summed E-state index contributed by atoms with van der Waals surface area (Å²) in [5, 5.41) is 3.44. The topological polar surface area (TPSA) is 12.0 Å². The summed E-state index contributed by atoms with van der Waals surface area (Å²) in [6, 6.07) is 0.612. The highest BCUT2D eigenvalue weighted by Gasteiger charge is 2.16. The molecular formula is C10H17N. The molecule has 0 aliphatic carbocycles. The summed E-state index contributed by atoms with van der Waals surface area (Å²) in [6.45, 7) is 5.50. The number of nitrogens with one attached hydrogen (secondary N) is 1. The van der Waals surface area contributed by atoms with Crippen molar-refractivity contribution in [2.75, 3.05) is 6.54 Å². The zero-order chi connectivity index (χ0) is 8.10. The van der Waals surface area contributed by atoms with E-state index in [0.717, 1.165) is 5.92 Å². The zero-order valence-electron chi connectivity index (χ0n) is 7.38. The van der Waals surface area contributed by atoms with Gasteiger partial charge in [-0.25, -0.2) is 0 Å². The van der Waals surface area contributed by atoms with Crippen molar-refractivity contribution in [1.29, 1.82) is 0 Å². The molecule has 0 radical (unpaired) electrons. The lowest BCUT2D eigenvalue weighted by atomic mass is 10.1. The molecule has 0 amide bonds. The quantitative estimate of drug-likeness (QED) is 0.596. The standard InChI is InChI=1S/C10H17N/c1-3-4-5-6-10-7-9(2)8-11-10/h3-6,9-11H,7-8H2,1-2H3/b4-3-,6-5-/t9-,10-/m0/s1. The van der Waals surface area contributed by atoms with Gasteiger partial charge in [-0.3, -0.25) is 0 Å². The highest BCUT2D eigenvalue weighted by molar-refractivity contribution is 5.07. The minimum absolute atomic E-state index is 0.612. The average Bonchev–Trinajstić information content (AvgIpc) is 2.37. The molecule has 1 nitrogen and oxygen atoms in total. The first-order valence-electron chi connectivity index (χ1n) is 4.36. The number of rotatable bonds is 2. The molecule has 2 atom stereocenters. The number of hydrogen-bond acceptors (Lipinski definition) is 1. The predicted octanol–water partition coefficient (Wildman–Crippen LogP) is 2.12. The Hall–Kier alpha value is -0.560. The molecule has 0 spiro atoms. The van der Waals surface area contributed by atoms with Gasteiger partial charge in [-0.1, -0.05) is 31.2 Å². The highest BCUT2D eigenvalue weighted by atomic mass is 14.9. The monoisotopic (exact) mass is 151 g/mol. The van der Waals surface area contributed by atoms with Gasteiger partial charge in [0, 0.05) is 6.04 Å². The van der Waals surface area contributed by atoms with Crippen LogP contribution >= 0.6 is 0 Å². The summed E-state index contributed by atoms with van der Waals surface area (Å²) in [5.41, 5.74) is 0. The van der Waals surface area contributed by atoms with Gasteiger partial charge in [0.05, 0.1) is 0 Å². The summed E-state index contributed by atoms with van der Waals surface area (Å²) in [5.74, 6) is 0.843. The van der Waals surface area contributed by atoms with E-state index >= 15 is 0 Å². The summed E-state index contributed by atoms with van der Waals surface area (Å²) in [4.78, 5) is 0. The second kappa shape index (κ2) is 4.35. The van der Waals surface area contributed by atoms with Gasteiger partial charge >= 0.3 is 0 Å². The van der Waals surface area contributed by atoms with E-state index in [-0.39, 0.29) is 0 Å². The van der Waals surface area contributed by atoms with Crippen LogP contribution in [-0.2, 0) is 0 Å². The van der Waals surface area contributed by atoms with Crippen LogP contribution in [0.2, 0.25) is 0 Å². The fourth-order valence-electron chi connectivity index (χ4n) is 1.41. The van der Waals surface area contributed by atoms with E-state index < -0.39 is 0 Å². The van der Waals surface area contributed by atoms with Crippen LogP contribution < -0.4 is 5.32 Å². The van der Waals surface area contributed by atoms with Gasteiger partial charge in [-0.15, -0.1) is 0 Å². The van der Waals surface area contributed by atoms with E-state index in [9.17, 15) is 0 Å². The van der Waals surface area contributed by atoms with Crippen molar-refractivity contribution in [3.8, 4) is 0 Å². The van der Waals surface area contributed by atoms with E-state index in [1.54, 1.807) is 0 Å². The lowest BCUT2D eigenvalue weighted by Gasteiger charge is -2.00. The van der Waals surface area contributed by atoms with Gasteiger partial charge in [-0.05, 0) is 25.8 Å². The van der Waals surface area contributed by atoms with Crippen LogP contribution in [-0.4, -0.2) is 12.6 Å². The van der Waals surface area contributed by atoms with Gasteiger partial charge in [0.25, 0.3) is 0 Å². The normalized spacial score (nSPS) is 32.5. The fourth-order valence-corrected chi connectivity index (χ4v) is 1.41. The first-order valence-corrected chi connectivity index (χ1v) is 4.36. The molecule has 11 heavy (non-hydrogen) atoms. The van der Waals surface area contributed by atoms with Crippen LogP contribution in [0.3, 0.4) is 0 Å². The lowest BCUT2D eigenvalue weighted by Crippen LogP contribution is -2.18. The zero-order valence-corrected chi connectivity index (χ0v) is 7.38. The van der Waals surface area contributed by atoms with Gasteiger partial charge in [0.2, 0.25) is 0 Å². The molecule has 0 saturated carbocycles. The minimum Gasteiger partial charge on any atom is -0.310 e. The maximum atomic E-state index is 3.44.